The Bertz CT molecular complexity index is 930. The van der Waals surface area contributed by atoms with Crippen molar-refractivity contribution in [3.63, 3.8) is 0 Å². The highest BCUT2D eigenvalue weighted by Crippen LogP contribution is 2.18. The van der Waals surface area contributed by atoms with E-state index in [2.05, 4.69) is 19.7 Å². The van der Waals surface area contributed by atoms with Crippen LogP contribution in [0.3, 0.4) is 0 Å². The van der Waals surface area contributed by atoms with E-state index in [0.717, 1.165) is 17.1 Å². The Balaban J connectivity index is 1.73. The zero-order chi connectivity index (χ0) is 17.2. The van der Waals surface area contributed by atoms with E-state index in [1.165, 1.54) is 12.5 Å². The number of aryl methyl sites for hydroxylation is 2. The van der Waals surface area contributed by atoms with Crippen molar-refractivity contribution in [3.05, 3.63) is 48.9 Å². The fraction of sp³-hybridized carbons (Fsp3) is 0.267. The van der Waals surface area contributed by atoms with Crippen LogP contribution in [0.25, 0.3) is 11.4 Å². The summed E-state index contributed by atoms with van der Waals surface area (Å²) in [6, 6.07) is 3.74. The number of rotatable bonds is 6. The molecule has 0 saturated heterocycles. The molecule has 3 aromatic rings. The molecule has 0 unspecified atom stereocenters. The molecular weight excluding hydrogens is 328 g/mol. The number of imidazole rings is 2. The minimum absolute atomic E-state index is 0.0155. The first-order valence-corrected chi connectivity index (χ1v) is 8.86. The second-order valence-electron chi connectivity index (χ2n) is 5.39. The second kappa shape index (κ2) is 6.54. The highest BCUT2D eigenvalue weighted by Gasteiger charge is 2.17. The maximum atomic E-state index is 12.2. The van der Waals surface area contributed by atoms with Crippen molar-refractivity contribution >= 4 is 10.0 Å². The van der Waals surface area contributed by atoms with E-state index < -0.39 is 10.0 Å². The molecule has 3 rings (SSSR count). The summed E-state index contributed by atoms with van der Waals surface area (Å²) in [5.41, 5.74) is 1.89. The first-order valence-electron chi connectivity index (χ1n) is 7.37. The maximum absolute atomic E-state index is 12.2. The van der Waals surface area contributed by atoms with Gasteiger partial charge in [-0.1, -0.05) is 0 Å². The molecule has 9 heteroatoms. The summed E-state index contributed by atoms with van der Waals surface area (Å²) in [5.74, 6) is 0.784. The average Bonchev–Trinajstić information content (AvgIpc) is 3.15. The molecule has 0 bridgehead atoms. The Morgan fingerprint density at radius 2 is 1.96 bits per heavy atom. The third-order valence-corrected chi connectivity index (χ3v) is 4.92. The minimum Gasteiger partial charge on any atom is -0.339 e. The minimum atomic E-state index is -3.61. The van der Waals surface area contributed by atoms with Gasteiger partial charge >= 0.3 is 0 Å². The van der Waals surface area contributed by atoms with Gasteiger partial charge in [-0.15, -0.1) is 0 Å². The van der Waals surface area contributed by atoms with Crippen LogP contribution in [0.5, 0.6) is 0 Å². The first-order chi connectivity index (χ1) is 11.5. The van der Waals surface area contributed by atoms with Crippen LogP contribution in [0.1, 0.15) is 5.69 Å². The molecular formula is C15H18N6O2S. The van der Waals surface area contributed by atoms with Gasteiger partial charge in [0.2, 0.25) is 0 Å². The summed E-state index contributed by atoms with van der Waals surface area (Å²) < 4.78 is 30.5. The normalized spacial score (nSPS) is 11.8. The predicted molar refractivity (Wildman–Crippen MR) is 88.6 cm³/mol. The Kier molecular flexibility index (Phi) is 4.45. The summed E-state index contributed by atoms with van der Waals surface area (Å²) in [7, 11) is -1.88. The number of hydrogen-bond donors (Lipinski definition) is 1. The Labute approximate surface area is 140 Å². The van der Waals surface area contributed by atoms with E-state index >= 15 is 0 Å². The number of nitrogens with one attached hydrogen (secondary N) is 1. The van der Waals surface area contributed by atoms with Crippen LogP contribution in [0.4, 0.5) is 0 Å². The van der Waals surface area contributed by atoms with E-state index in [9.17, 15) is 8.42 Å². The maximum Gasteiger partial charge on any atom is 0.259 e. The van der Waals surface area contributed by atoms with E-state index in [1.807, 2.05) is 23.6 Å². The molecule has 0 aliphatic rings. The molecule has 0 fully saturated rings. The van der Waals surface area contributed by atoms with Crippen LogP contribution in [0.2, 0.25) is 0 Å². The van der Waals surface area contributed by atoms with Crippen molar-refractivity contribution in [2.75, 3.05) is 6.54 Å². The Morgan fingerprint density at radius 3 is 2.62 bits per heavy atom. The SMILES string of the molecule is Cc1cnc(-c2ccncc2)n1CCNS(=O)(=O)c1cn(C)cn1. The van der Waals surface area contributed by atoms with Crippen molar-refractivity contribution in [3.8, 4) is 11.4 Å². The molecule has 126 valence electrons. The molecule has 0 atom stereocenters. The summed E-state index contributed by atoms with van der Waals surface area (Å²) in [4.78, 5) is 12.3. The van der Waals surface area contributed by atoms with Crippen molar-refractivity contribution in [2.24, 2.45) is 7.05 Å². The molecule has 0 aliphatic heterocycles. The number of nitrogens with zero attached hydrogens (tertiary/aromatic N) is 5. The topological polar surface area (TPSA) is 94.7 Å². The molecule has 0 aliphatic carbocycles. The molecule has 8 nitrogen and oxygen atoms in total. The van der Waals surface area contributed by atoms with E-state index in [1.54, 1.807) is 30.2 Å². The monoisotopic (exact) mass is 346 g/mol. The fourth-order valence-corrected chi connectivity index (χ4v) is 3.37. The summed E-state index contributed by atoms with van der Waals surface area (Å²) in [6.07, 6.45) is 8.09. The smallest absolute Gasteiger partial charge is 0.259 e. The zero-order valence-electron chi connectivity index (χ0n) is 13.4. The summed E-state index contributed by atoms with van der Waals surface area (Å²) in [5, 5.41) is 0.0155. The van der Waals surface area contributed by atoms with Crippen molar-refractivity contribution in [2.45, 2.75) is 18.5 Å². The van der Waals surface area contributed by atoms with E-state index in [4.69, 9.17) is 0 Å². The standard InChI is InChI=1S/C15H18N6O2S/c1-12-9-17-15(13-3-5-16-6-4-13)21(12)8-7-19-24(22,23)14-10-20(2)11-18-14/h3-6,9-11,19H,7-8H2,1-2H3. The first kappa shape index (κ1) is 16.3. The highest BCUT2D eigenvalue weighted by molar-refractivity contribution is 7.89. The van der Waals surface area contributed by atoms with Gasteiger partial charge in [0.25, 0.3) is 10.0 Å². The van der Waals surface area contributed by atoms with Gasteiger partial charge in [-0.3, -0.25) is 4.98 Å². The van der Waals surface area contributed by atoms with Crippen LogP contribution >= 0.6 is 0 Å². The number of aromatic nitrogens is 5. The lowest BCUT2D eigenvalue weighted by Gasteiger charge is -2.11. The molecule has 3 aromatic heterocycles. The molecule has 0 saturated carbocycles. The average molecular weight is 346 g/mol. The van der Waals surface area contributed by atoms with E-state index in [0.29, 0.717) is 6.54 Å². The third-order valence-electron chi connectivity index (χ3n) is 3.58. The van der Waals surface area contributed by atoms with Crippen LogP contribution in [0.15, 0.2) is 48.3 Å². The van der Waals surface area contributed by atoms with Crippen molar-refractivity contribution in [1.82, 2.24) is 28.8 Å². The van der Waals surface area contributed by atoms with Gasteiger partial charge in [0.1, 0.15) is 5.82 Å². The molecule has 24 heavy (non-hydrogen) atoms. The molecule has 0 spiro atoms. The van der Waals surface area contributed by atoms with Gasteiger partial charge in [0.05, 0.1) is 6.33 Å². The van der Waals surface area contributed by atoms with Gasteiger partial charge < -0.3 is 9.13 Å². The third kappa shape index (κ3) is 3.36. The lowest BCUT2D eigenvalue weighted by molar-refractivity contribution is 0.569. The predicted octanol–water partition coefficient (Wildman–Crippen LogP) is 0.966. The lowest BCUT2D eigenvalue weighted by atomic mass is 10.2. The highest BCUT2D eigenvalue weighted by atomic mass is 32.2. The van der Waals surface area contributed by atoms with Gasteiger partial charge in [-0.2, -0.15) is 0 Å². The van der Waals surface area contributed by atoms with Crippen molar-refractivity contribution < 1.29 is 8.42 Å². The lowest BCUT2D eigenvalue weighted by Crippen LogP contribution is -2.28. The molecule has 1 N–H and O–H groups in total. The number of pyridine rings is 1. The Morgan fingerprint density at radius 1 is 1.21 bits per heavy atom. The number of hydrogen-bond acceptors (Lipinski definition) is 5. The Hall–Kier alpha value is -2.52. The molecule has 0 amide bonds. The second-order valence-corrected chi connectivity index (χ2v) is 7.10. The van der Waals surface area contributed by atoms with Crippen LogP contribution < -0.4 is 4.72 Å². The number of sulfonamides is 1. The summed E-state index contributed by atoms with van der Waals surface area (Å²) in [6.45, 7) is 2.65. The van der Waals surface area contributed by atoms with Gasteiger partial charge in [0.15, 0.2) is 5.03 Å². The van der Waals surface area contributed by atoms with Crippen LogP contribution in [-0.4, -0.2) is 39.0 Å². The van der Waals surface area contributed by atoms with Gasteiger partial charge in [-0.25, -0.2) is 23.1 Å². The van der Waals surface area contributed by atoms with Crippen LogP contribution in [-0.2, 0) is 23.6 Å². The fourth-order valence-electron chi connectivity index (χ4n) is 2.37. The summed E-state index contributed by atoms with van der Waals surface area (Å²) >= 11 is 0. The molecule has 0 aromatic carbocycles. The molecule has 3 heterocycles. The zero-order valence-corrected chi connectivity index (χ0v) is 14.2. The van der Waals surface area contributed by atoms with Gasteiger partial charge in [-0.05, 0) is 19.1 Å². The van der Waals surface area contributed by atoms with Crippen LogP contribution in [0, 0.1) is 6.92 Å². The largest absolute Gasteiger partial charge is 0.339 e. The van der Waals surface area contributed by atoms with Crippen molar-refractivity contribution in [1.29, 1.82) is 0 Å². The molecule has 0 radical (unpaired) electrons. The van der Waals surface area contributed by atoms with Gasteiger partial charge in [0, 0.05) is 56.2 Å². The van der Waals surface area contributed by atoms with E-state index in [-0.39, 0.29) is 11.6 Å². The quantitative estimate of drug-likeness (QED) is 0.717.